The van der Waals surface area contributed by atoms with Crippen LogP contribution >= 0.6 is 0 Å². The Bertz CT molecular complexity index is 1170. The van der Waals surface area contributed by atoms with Crippen molar-refractivity contribution >= 4 is 9.84 Å². The molecule has 1 aromatic carbocycles. The fourth-order valence-corrected chi connectivity index (χ4v) is 5.12. The lowest BCUT2D eigenvalue weighted by Crippen LogP contribution is -2.48. The molecule has 10 heteroatoms. The number of hydrogen-bond acceptors (Lipinski definition) is 6. The number of hydrogen-bond donors (Lipinski definition) is 1. The SMILES string of the molecule is CC#CCn1c(S(C)(=O)=O)nc2c1CN([C@H]1CO[C@H](c3cc(F)ccc3F)[C@@H](N)C1)C2. The minimum Gasteiger partial charge on any atom is -0.370 e. The Balaban J connectivity index is 1.51. The second-order valence-electron chi connectivity index (χ2n) is 7.95. The van der Waals surface area contributed by atoms with E-state index in [1.807, 2.05) is 0 Å². The van der Waals surface area contributed by atoms with E-state index in [9.17, 15) is 17.2 Å². The Labute approximate surface area is 180 Å². The Hall–Kier alpha value is -2.32. The van der Waals surface area contributed by atoms with Crippen LogP contribution in [0.25, 0.3) is 0 Å². The average molecular weight is 451 g/mol. The molecule has 2 aliphatic heterocycles. The first-order valence-corrected chi connectivity index (χ1v) is 11.8. The van der Waals surface area contributed by atoms with Gasteiger partial charge in [-0.15, -0.1) is 5.92 Å². The van der Waals surface area contributed by atoms with E-state index < -0.39 is 33.6 Å². The lowest BCUT2D eigenvalue weighted by Gasteiger charge is -2.38. The van der Waals surface area contributed by atoms with Crippen LogP contribution in [-0.2, 0) is 34.2 Å². The van der Waals surface area contributed by atoms with Crippen molar-refractivity contribution in [2.45, 2.75) is 56.3 Å². The molecular weight excluding hydrogens is 426 g/mol. The summed E-state index contributed by atoms with van der Waals surface area (Å²) in [5.41, 5.74) is 7.92. The Morgan fingerprint density at radius 2 is 2.10 bits per heavy atom. The van der Waals surface area contributed by atoms with Crippen molar-refractivity contribution in [1.82, 2.24) is 14.5 Å². The number of nitrogens with zero attached hydrogens (tertiary/aromatic N) is 3. The lowest BCUT2D eigenvalue weighted by molar-refractivity contribution is -0.0535. The summed E-state index contributed by atoms with van der Waals surface area (Å²) in [6.07, 6.45) is 0.941. The Morgan fingerprint density at radius 3 is 2.77 bits per heavy atom. The quantitative estimate of drug-likeness (QED) is 0.714. The summed E-state index contributed by atoms with van der Waals surface area (Å²) in [4.78, 5) is 6.49. The topological polar surface area (TPSA) is 90.5 Å². The van der Waals surface area contributed by atoms with Crippen LogP contribution in [0.5, 0.6) is 0 Å². The van der Waals surface area contributed by atoms with Crippen LogP contribution in [0, 0.1) is 23.5 Å². The summed E-state index contributed by atoms with van der Waals surface area (Å²) in [5, 5.41) is 0.0261. The molecule has 2 aromatic rings. The fourth-order valence-electron chi connectivity index (χ4n) is 4.27. The van der Waals surface area contributed by atoms with Crippen molar-refractivity contribution < 1.29 is 21.9 Å². The first kappa shape index (κ1) is 21.9. The van der Waals surface area contributed by atoms with Crippen molar-refractivity contribution in [3.8, 4) is 11.8 Å². The van der Waals surface area contributed by atoms with Crippen LogP contribution in [-0.4, -0.2) is 47.8 Å². The molecule has 1 fully saturated rings. The summed E-state index contributed by atoms with van der Waals surface area (Å²) in [6.45, 7) is 3.19. The number of fused-ring (bicyclic) bond motifs is 1. The number of halogens is 2. The van der Waals surface area contributed by atoms with Crippen LogP contribution < -0.4 is 5.73 Å². The number of ether oxygens (including phenoxy) is 1. The highest BCUT2D eigenvalue weighted by atomic mass is 32.2. The van der Waals surface area contributed by atoms with Gasteiger partial charge >= 0.3 is 0 Å². The van der Waals surface area contributed by atoms with Crippen LogP contribution in [0.3, 0.4) is 0 Å². The normalized spacial score (nSPS) is 24.0. The van der Waals surface area contributed by atoms with Gasteiger partial charge in [0.25, 0.3) is 0 Å². The summed E-state index contributed by atoms with van der Waals surface area (Å²) < 4.78 is 59.5. The molecule has 0 saturated carbocycles. The molecule has 7 nitrogen and oxygen atoms in total. The number of rotatable bonds is 4. The lowest BCUT2D eigenvalue weighted by atomic mass is 9.93. The van der Waals surface area contributed by atoms with Gasteiger partial charge in [-0.2, -0.15) is 0 Å². The number of benzene rings is 1. The third kappa shape index (κ3) is 4.23. The molecule has 0 aliphatic carbocycles. The van der Waals surface area contributed by atoms with Crippen LogP contribution in [0.15, 0.2) is 23.4 Å². The maximum atomic E-state index is 14.2. The molecule has 0 bridgehead atoms. The average Bonchev–Trinajstić information content (AvgIpc) is 3.26. The molecule has 0 radical (unpaired) electrons. The minimum atomic E-state index is -3.48. The van der Waals surface area contributed by atoms with Crippen molar-refractivity contribution in [1.29, 1.82) is 0 Å². The van der Waals surface area contributed by atoms with E-state index in [0.29, 0.717) is 31.8 Å². The Kier molecular flexibility index (Phi) is 5.87. The third-order valence-corrected chi connectivity index (χ3v) is 6.73. The standard InChI is InChI=1S/C21H24F2N4O3S/c1-3-4-7-27-19-11-26(10-18(19)25-21(27)31(2,28)29)14-9-17(24)20(30-12-14)15-8-13(22)5-6-16(15)23/h5-6,8,14,17,20H,7,9-12,24H2,1-2H3/t14-,17+,20-/m1/s1. The number of imidazole rings is 1. The van der Waals surface area contributed by atoms with Gasteiger partial charge in [-0.25, -0.2) is 22.2 Å². The first-order valence-electron chi connectivity index (χ1n) is 9.93. The van der Waals surface area contributed by atoms with Crippen LogP contribution in [0.2, 0.25) is 0 Å². The molecule has 1 saturated heterocycles. The third-order valence-electron chi connectivity index (χ3n) is 5.75. The number of sulfone groups is 1. The van der Waals surface area contributed by atoms with Gasteiger partial charge in [-0.05, 0) is 31.5 Å². The molecule has 0 amide bonds. The second-order valence-corrected chi connectivity index (χ2v) is 9.86. The van der Waals surface area contributed by atoms with Gasteiger partial charge in [0.15, 0.2) is 0 Å². The smallest absolute Gasteiger partial charge is 0.228 e. The van der Waals surface area contributed by atoms with Crippen LogP contribution in [0.1, 0.15) is 36.4 Å². The van der Waals surface area contributed by atoms with Gasteiger partial charge in [0.05, 0.1) is 24.5 Å². The molecule has 0 spiro atoms. The molecular formula is C21H24F2N4O3S. The molecule has 2 aliphatic rings. The maximum absolute atomic E-state index is 14.2. The minimum absolute atomic E-state index is 0.0261. The van der Waals surface area contributed by atoms with Gasteiger partial charge < -0.3 is 15.0 Å². The highest BCUT2D eigenvalue weighted by molar-refractivity contribution is 7.90. The number of nitrogens with two attached hydrogens (primary N) is 1. The monoisotopic (exact) mass is 450 g/mol. The zero-order valence-corrected chi connectivity index (χ0v) is 18.1. The van der Waals surface area contributed by atoms with Crippen molar-refractivity contribution in [2.24, 2.45) is 5.73 Å². The molecule has 166 valence electrons. The molecule has 3 atom stereocenters. The van der Waals surface area contributed by atoms with Gasteiger partial charge in [0.2, 0.25) is 15.0 Å². The van der Waals surface area contributed by atoms with Gasteiger partial charge in [-0.3, -0.25) is 4.90 Å². The predicted molar refractivity (Wildman–Crippen MR) is 109 cm³/mol. The van der Waals surface area contributed by atoms with E-state index in [-0.39, 0.29) is 23.3 Å². The zero-order chi connectivity index (χ0) is 22.3. The van der Waals surface area contributed by atoms with Crippen molar-refractivity contribution in [3.05, 3.63) is 46.8 Å². The fraction of sp³-hybridized carbons (Fsp3) is 0.476. The molecule has 3 heterocycles. The van der Waals surface area contributed by atoms with E-state index in [1.165, 1.54) is 0 Å². The summed E-state index contributed by atoms with van der Waals surface area (Å²) in [5.74, 6) is 4.61. The summed E-state index contributed by atoms with van der Waals surface area (Å²) >= 11 is 0. The molecule has 4 rings (SSSR count). The van der Waals surface area contributed by atoms with E-state index >= 15 is 0 Å². The predicted octanol–water partition coefficient (Wildman–Crippen LogP) is 1.76. The summed E-state index contributed by atoms with van der Waals surface area (Å²) in [6, 6.07) is 2.70. The maximum Gasteiger partial charge on any atom is 0.228 e. The largest absolute Gasteiger partial charge is 0.370 e. The first-order chi connectivity index (χ1) is 14.7. The molecule has 31 heavy (non-hydrogen) atoms. The van der Waals surface area contributed by atoms with E-state index in [1.54, 1.807) is 11.5 Å². The summed E-state index contributed by atoms with van der Waals surface area (Å²) in [7, 11) is -3.48. The van der Waals surface area contributed by atoms with E-state index in [2.05, 4.69) is 21.7 Å². The van der Waals surface area contributed by atoms with E-state index in [4.69, 9.17) is 10.5 Å². The highest BCUT2D eigenvalue weighted by Crippen LogP contribution is 2.34. The second kappa shape index (κ2) is 8.31. The molecule has 1 aromatic heterocycles. The zero-order valence-electron chi connectivity index (χ0n) is 17.3. The van der Waals surface area contributed by atoms with Crippen molar-refractivity contribution in [2.75, 3.05) is 12.9 Å². The van der Waals surface area contributed by atoms with Gasteiger partial charge in [-0.1, -0.05) is 5.92 Å². The van der Waals surface area contributed by atoms with Gasteiger partial charge in [0.1, 0.15) is 17.7 Å². The van der Waals surface area contributed by atoms with Gasteiger partial charge in [0, 0.05) is 37.0 Å². The highest BCUT2D eigenvalue weighted by Gasteiger charge is 2.38. The molecule has 0 unspecified atom stereocenters. The number of aromatic nitrogens is 2. The van der Waals surface area contributed by atoms with E-state index in [0.717, 1.165) is 30.1 Å². The Morgan fingerprint density at radius 1 is 1.32 bits per heavy atom. The van der Waals surface area contributed by atoms with Crippen molar-refractivity contribution in [3.63, 3.8) is 0 Å². The molecule has 2 N–H and O–H groups in total. The van der Waals surface area contributed by atoms with Crippen LogP contribution in [0.4, 0.5) is 8.78 Å².